The van der Waals surface area contributed by atoms with Crippen molar-refractivity contribution in [1.29, 1.82) is 0 Å². The van der Waals surface area contributed by atoms with Gasteiger partial charge < -0.3 is 15.1 Å². The zero-order chi connectivity index (χ0) is 17.1. The lowest BCUT2D eigenvalue weighted by Crippen LogP contribution is -2.46. The van der Waals surface area contributed by atoms with E-state index in [4.69, 9.17) is 4.98 Å². The summed E-state index contributed by atoms with van der Waals surface area (Å²) in [7, 11) is 0. The summed E-state index contributed by atoms with van der Waals surface area (Å²) >= 11 is 0. The van der Waals surface area contributed by atoms with Crippen molar-refractivity contribution in [3.8, 4) is 0 Å². The van der Waals surface area contributed by atoms with Crippen molar-refractivity contribution >= 4 is 17.5 Å². The van der Waals surface area contributed by atoms with Gasteiger partial charge in [0.05, 0.1) is 0 Å². The monoisotopic (exact) mass is 325 g/mol. The molecule has 0 radical (unpaired) electrons. The summed E-state index contributed by atoms with van der Waals surface area (Å²) in [4.78, 5) is 14.2. The van der Waals surface area contributed by atoms with E-state index in [1.54, 1.807) is 0 Å². The number of likely N-dealkylation sites (N-methyl/N-ethyl adjacent to an activating group) is 1. The molecule has 0 saturated carbocycles. The smallest absolute Gasteiger partial charge is 0.229 e. The molecule has 0 amide bonds. The number of anilines is 3. The zero-order valence-electron chi connectivity index (χ0n) is 15.1. The summed E-state index contributed by atoms with van der Waals surface area (Å²) in [5, 5.41) is 3.39. The van der Waals surface area contributed by atoms with Crippen molar-refractivity contribution in [3.63, 3.8) is 0 Å². The highest BCUT2D eigenvalue weighted by Gasteiger charge is 2.18. The predicted octanol–water partition coefficient (Wildman–Crippen LogP) is 3.29. The molecule has 24 heavy (non-hydrogen) atoms. The third-order valence-electron chi connectivity index (χ3n) is 4.84. The average Bonchev–Trinajstić information content (AvgIpc) is 2.58. The molecule has 0 unspecified atom stereocenters. The first-order valence-electron chi connectivity index (χ1n) is 8.73. The molecule has 0 aliphatic carbocycles. The number of rotatable bonds is 4. The van der Waals surface area contributed by atoms with E-state index < -0.39 is 0 Å². The van der Waals surface area contributed by atoms with Crippen molar-refractivity contribution in [1.82, 2.24) is 14.9 Å². The van der Waals surface area contributed by atoms with Gasteiger partial charge in [0.1, 0.15) is 5.82 Å². The van der Waals surface area contributed by atoms with Crippen LogP contribution >= 0.6 is 0 Å². The molecule has 1 aliphatic rings. The first-order valence-corrected chi connectivity index (χ1v) is 8.73. The highest BCUT2D eigenvalue weighted by molar-refractivity contribution is 5.61. The molecule has 3 rings (SSSR count). The van der Waals surface area contributed by atoms with Crippen LogP contribution in [-0.2, 0) is 0 Å². The van der Waals surface area contributed by atoms with Gasteiger partial charge in [-0.2, -0.15) is 4.98 Å². The maximum absolute atomic E-state index is 4.76. The first kappa shape index (κ1) is 16.7. The largest absolute Gasteiger partial charge is 0.354 e. The van der Waals surface area contributed by atoms with Crippen molar-refractivity contribution in [2.24, 2.45) is 0 Å². The van der Waals surface area contributed by atoms with Crippen LogP contribution in [-0.4, -0.2) is 47.6 Å². The molecule has 1 N–H and O–H groups in total. The van der Waals surface area contributed by atoms with Gasteiger partial charge in [-0.15, -0.1) is 0 Å². The topological polar surface area (TPSA) is 44.3 Å². The molecule has 2 aromatic rings. The van der Waals surface area contributed by atoms with Gasteiger partial charge in [-0.05, 0) is 44.5 Å². The molecule has 0 spiro atoms. The van der Waals surface area contributed by atoms with E-state index in [1.165, 1.54) is 11.1 Å². The van der Waals surface area contributed by atoms with E-state index in [0.717, 1.165) is 49.9 Å². The van der Waals surface area contributed by atoms with Gasteiger partial charge in [0.15, 0.2) is 0 Å². The molecular formula is C19H27N5. The number of aryl methyl sites for hydroxylation is 2. The van der Waals surface area contributed by atoms with Gasteiger partial charge in [0, 0.05) is 43.6 Å². The third kappa shape index (κ3) is 3.67. The number of hydrogen-bond acceptors (Lipinski definition) is 5. The van der Waals surface area contributed by atoms with Crippen LogP contribution in [0.4, 0.5) is 17.5 Å². The minimum atomic E-state index is 0.677. The first-order chi connectivity index (χ1) is 11.6. The van der Waals surface area contributed by atoms with E-state index in [0.29, 0.717) is 5.95 Å². The molecule has 5 nitrogen and oxygen atoms in total. The molecule has 128 valence electrons. The van der Waals surface area contributed by atoms with Gasteiger partial charge >= 0.3 is 0 Å². The summed E-state index contributed by atoms with van der Waals surface area (Å²) in [5.74, 6) is 1.70. The lowest BCUT2D eigenvalue weighted by molar-refractivity contribution is 0.270. The highest BCUT2D eigenvalue weighted by Crippen LogP contribution is 2.23. The fraction of sp³-hybridized carbons (Fsp3) is 0.474. The molecule has 0 atom stereocenters. The Morgan fingerprint density at radius 1 is 1.04 bits per heavy atom. The summed E-state index contributed by atoms with van der Waals surface area (Å²) < 4.78 is 0. The predicted molar refractivity (Wildman–Crippen MR) is 100 cm³/mol. The SMILES string of the molecule is CCN1CCN(c2cc(C)nc(Nc3cccc(C)c3C)n2)CC1. The van der Waals surface area contributed by atoms with Crippen LogP contribution in [0.2, 0.25) is 0 Å². The van der Waals surface area contributed by atoms with E-state index in [2.05, 4.69) is 65.1 Å². The molecule has 1 aromatic carbocycles. The molecule has 5 heteroatoms. The standard InChI is InChI=1S/C19H27N5/c1-5-23-9-11-24(12-10-23)18-13-15(3)20-19(22-18)21-17-8-6-7-14(2)16(17)4/h6-8,13H,5,9-12H2,1-4H3,(H,20,21,22). The Morgan fingerprint density at radius 2 is 1.79 bits per heavy atom. The summed E-state index contributed by atoms with van der Waals surface area (Å²) in [6.45, 7) is 13.8. The fourth-order valence-corrected chi connectivity index (χ4v) is 3.07. The van der Waals surface area contributed by atoms with Gasteiger partial charge in [-0.25, -0.2) is 4.98 Å². The number of hydrogen-bond donors (Lipinski definition) is 1. The summed E-state index contributed by atoms with van der Waals surface area (Å²) in [6, 6.07) is 8.34. The normalized spacial score (nSPS) is 15.6. The summed E-state index contributed by atoms with van der Waals surface area (Å²) in [5.41, 5.74) is 4.57. The Hall–Kier alpha value is -2.14. The van der Waals surface area contributed by atoms with Crippen molar-refractivity contribution in [2.75, 3.05) is 42.9 Å². The van der Waals surface area contributed by atoms with Gasteiger partial charge in [-0.3, -0.25) is 0 Å². The minimum absolute atomic E-state index is 0.677. The minimum Gasteiger partial charge on any atom is -0.354 e. The highest BCUT2D eigenvalue weighted by atomic mass is 15.3. The second-order valence-electron chi connectivity index (χ2n) is 6.48. The molecule has 1 aromatic heterocycles. The maximum atomic E-state index is 4.76. The molecule has 1 saturated heterocycles. The molecule has 0 bridgehead atoms. The van der Waals surface area contributed by atoms with Gasteiger partial charge in [0.2, 0.25) is 5.95 Å². The molecular weight excluding hydrogens is 298 g/mol. The summed E-state index contributed by atoms with van der Waals surface area (Å²) in [6.07, 6.45) is 0. The lowest BCUT2D eigenvalue weighted by atomic mass is 10.1. The van der Waals surface area contributed by atoms with Crippen LogP contribution in [0, 0.1) is 20.8 Å². The van der Waals surface area contributed by atoms with Crippen molar-refractivity contribution in [3.05, 3.63) is 41.1 Å². The zero-order valence-corrected chi connectivity index (χ0v) is 15.1. The lowest BCUT2D eigenvalue weighted by Gasteiger charge is -2.34. The Kier molecular flexibility index (Phi) is 5.00. The van der Waals surface area contributed by atoms with Crippen LogP contribution in [0.3, 0.4) is 0 Å². The number of piperazine rings is 1. The van der Waals surface area contributed by atoms with Crippen LogP contribution in [0.25, 0.3) is 0 Å². The molecule has 1 aliphatic heterocycles. The Bertz CT molecular complexity index is 705. The van der Waals surface area contributed by atoms with Crippen molar-refractivity contribution < 1.29 is 0 Å². The van der Waals surface area contributed by atoms with E-state index in [-0.39, 0.29) is 0 Å². The van der Waals surface area contributed by atoms with Crippen LogP contribution in [0.1, 0.15) is 23.7 Å². The van der Waals surface area contributed by atoms with E-state index >= 15 is 0 Å². The van der Waals surface area contributed by atoms with Crippen LogP contribution in [0.15, 0.2) is 24.3 Å². The molecule has 2 heterocycles. The molecule has 1 fully saturated rings. The number of nitrogens with zero attached hydrogens (tertiary/aromatic N) is 4. The Morgan fingerprint density at radius 3 is 2.50 bits per heavy atom. The maximum Gasteiger partial charge on any atom is 0.229 e. The Balaban J connectivity index is 1.80. The average molecular weight is 325 g/mol. The van der Waals surface area contributed by atoms with E-state index in [1.807, 2.05) is 6.92 Å². The number of nitrogens with one attached hydrogen (secondary N) is 1. The van der Waals surface area contributed by atoms with Gasteiger partial charge in [-0.1, -0.05) is 19.1 Å². The Labute approximate surface area is 144 Å². The van der Waals surface area contributed by atoms with Crippen LogP contribution < -0.4 is 10.2 Å². The number of benzene rings is 1. The number of aromatic nitrogens is 2. The second-order valence-corrected chi connectivity index (χ2v) is 6.48. The second kappa shape index (κ2) is 7.18. The van der Waals surface area contributed by atoms with E-state index in [9.17, 15) is 0 Å². The van der Waals surface area contributed by atoms with Crippen molar-refractivity contribution in [2.45, 2.75) is 27.7 Å². The van der Waals surface area contributed by atoms with Gasteiger partial charge in [0.25, 0.3) is 0 Å². The quantitative estimate of drug-likeness (QED) is 0.934. The third-order valence-corrected chi connectivity index (χ3v) is 4.84. The fourth-order valence-electron chi connectivity index (χ4n) is 3.07. The van der Waals surface area contributed by atoms with Crippen LogP contribution in [0.5, 0.6) is 0 Å².